The van der Waals surface area contributed by atoms with Gasteiger partial charge in [0.15, 0.2) is 11.3 Å². The Hall–Kier alpha value is -1.91. The van der Waals surface area contributed by atoms with Crippen molar-refractivity contribution in [3.05, 3.63) is 30.5 Å². The first-order chi connectivity index (χ1) is 11.2. The molecule has 6 rings (SSSR count). The summed E-state index contributed by atoms with van der Waals surface area (Å²) in [6, 6.07) is 0.396. The van der Waals surface area contributed by atoms with Crippen molar-refractivity contribution < 1.29 is 4.79 Å². The molecule has 0 aromatic carbocycles. The van der Waals surface area contributed by atoms with E-state index in [9.17, 15) is 4.79 Å². The van der Waals surface area contributed by atoms with Crippen molar-refractivity contribution in [3.63, 3.8) is 0 Å². The van der Waals surface area contributed by atoms with Gasteiger partial charge in [0.1, 0.15) is 0 Å². The van der Waals surface area contributed by atoms with Gasteiger partial charge in [-0.3, -0.25) is 4.79 Å². The van der Waals surface area contributed by atoms with E-state index in [1.54, 1.807) is 12.4 Å². The fraction of sp³-hybridized carbons (Fsp3) is 0.611. The molecule has 0 atom stereocenters. The van der Waals surface area contributed by atoms with E-state index >= 15 is 0 Å². The van der Waals surface area contributed by atoms with Crippen LogP contribution in [0.5, 0.6) is 0 Å². The number of hydrogen-bond donors (Lipinski definition) is 0. The Morgan fingerprint density at radius 2 is 1.65 bits per heavy atom. The van der Waals surface area contributed by atoms with Crippen LogP contribution < -0.4 is 0 Å². The maximum atomic E-state index is 13.1. The highest BCUT2D eigenvalue weighted by Gasteiger charge is 2.50. The molecule has 2 heterocycles. The quantitative estimate of drug-likeness (QED) is 0.857. The summed E-state index contributed by atoms with van der Waals surface area (Å²) >= 11 is 0. The number of hydrogen-bond acceptors (Lipinski definition) is 3. The van der Waals surface area contributed by atoms with Gasteiger partial charge in [0.05, 0.1) is 0 Å². The molecule has 4 bridgehead atoms. The van der Waals surface area contributed by atoms with E-state index in [0.717, 1.165) is 11.8 Å². The van der Waals surface area contributed by atoms with Gasteiger partial charge in [-0.05, 0) is 55.8 Å². The first kappa shape index (κ1) is 13.5. The Morgan fingerprint density at radius 3 is 2.30 bits per heavy atom. The maximum Gasteiger partial charge on any atom is 0.276 e. The summed E-state index contributed by atoms with van der Waals surface area (Å²) in [5, 5.41) is 0. The highest BCUT2D eigenvalue weighted by atomic mass is 16.2. The monoisotopic (exact) mass is 310 g/mol. The van der Waals surface area contributed by atoms with E-state index in [0.29, 0.717) is 29.2 Å². The zero-order valence-corrected chi connectivity index (χ0v) is 13.4. The molecule has 0 aliphatic heterocycles. The van der Waals surface area contributed by atoms with Gasteiger partial charge in [-0.2, -0.15) is 0 Å². The smallest absolute Gasteiger partial charge is 0.276 e. The van der Waals surface area contributed by atoms with Crippen LogP contribution in [-0.4, -0.2) is 38.3 Å². The largest absolute Gasteiger partial charge is 0.337 e. The second-order valence-corrected chi connectivity index (χ2v) is 7.77. The van der Waals surface area contributed by atoms with Gasteiger partial charge >= 0.3 is 0 Å². The Bertz CT molecular complexity index is 739. The summed E-state index contributed by atoms with van der Waals surface area (Å²) in [4.78, 5) is 23.7. The number of nitrogens with zero attached hydrogens (tertiary/aromatic N) is 4. The number of carbonyl (C=O) groups is 1. The minimum absolute atomic E-state index is 0.0271. The fourth-order valence-corrected chi connectivity index (χ4v) is 5.84. The molecule has 1 amide bonds. The Balaban J connectivity index is 1.47. The van der Waals surface area contributed by atoms with E-state index in [1.807, 2.05) is 28.7 Å². The zero-order chi connectivity index (χ0) is 15.6. The summed E-state index contributed by atoms with van der Waals surface area (Å²) < 4.78 is 1.87. The third-order valence-electron chi connectivity index (χ3n) is 6.46. The summed E-state index contributed by atoms with van der Waals surface area (Å²) in [5.74, 6) is 3.26. The fourth-order valence-electron chi connectivity index (χ4n) is 5.84. The number of amides is 1. The summed E-state index contributed by atoms with van der Waals surface area (Å²) in [7, 11) is 1.98. The van der Waals surface area contributed by atoms with Crippen molar-refractivity contribution in [1.29, 1.82) is 0 Å². The average molecular weight is 310 g/mol. The van der Waals surface area contributed by atoms with Crippen molar-refractivity contribution in [1.82, 2.24) is 19.3 Å². The molecule has 2 aromatic heterocycles. The summed E-state index contributed by atoms with van der Waals surface area (Å²) in [5.41, 5.74) is 1.14. The molecule has 5 heteroatoms. The first-order valence-corrected chi connectivity index (χ1v) is 8.75. The molecule has 0 saturated heterocycles. The molecule has 23 heavy (non-hydrogen) atoms. The first-order valence-electron chi connectivity index (χ1n) is 8.75. The van der Waals surface area contributed by atoms with Crippen LogP contribution in [-0.2, 0) is 0 Å². The molecule has 0 spiro atoms. The predicted molar refractivity (Wildman–Crippen MR) is 85.9 cm³/mol. The van der Waals surface area contributed by atoms with E-state index in [4.69, 9.17) is 0 Å². The van der Waals surface area contributed by atoms with Gasteiger partial charge in [-0.1, -0.05) is 0 Å². The lowest BCUT2D eigenvalue weighted by molar-refractivity contribution is -0.0492. The molecule has 0 radical (unpaired) electrons. The second kappa shape index (κ2) is 4.79. The molecular weight excluding hydrogens is 288 g/mol. The normalized spacial score (nSPS) is 34.9. The molecule has 120 valence electrons. The summed E-state index contributed by atoms with van der Waals surface area (Å²) in [6.07, 6.45) is 13.8. The van der Waals surface area contributed by atoms with Crippen LogP contribution >= 0.6 is 0 Å². The predicted octanol–water partition coefficient (Wildman–Crippen LogP) is 2.63. The van der Waals surface area contributed by atoms with Gasteiger partial charge in [0, 0.05) is 37.9 Å². The number of fused-ring (bicyclic) bond motifs is 1. The maximum absolute atomic E-state index is 13.1. The minimum atomic E-state index is 0.0271. The van der Waals surface area contributed by atoms with Gasteiger partial charge in [-0.25, -0.2) is 9.97 Å². The standard InChI is InChI=1S/C18H22N4O/c1-21(16-13-7-11-6-12(9-13)10-14(16)8-11)18(23)15-17-20-3-5-22(17)4-2-19-15/h2-5,11-14,16H,6-10H2,1H3. The van der Waals surface area contributed by atoms with Crippen LogP contribution in [0.4, 0.5) is 0 Å². The van der Waals surface area contributed by atoms with Crippen molar-refractivity contribution in [2.24, 2.45) is 23.7 Å². The second-order valence-electron chi connectivity index (χ2n) is 7.77. The van der Waals surface area contributed by atoms with Crippen LogP contribution in [0.15, 0.2) is 24.8 Å². The molecule has 4 saturated carbocycles. The number of carbonyl (C=O) groups excluding carboxylic acids is 1. The van der Waals surface area contributed by atoms with E-state index < -0.39 is 0 Å². The third kappa shape index (κ3) is 1.95. The van der Waals surface area contributed by atoms with Crippen LogP contribution in [0.1, 0.15) is 42.6 Å². The van der Waals surface area contributed by atoms with Crippen molar-refractivity contribution >= 4 is 11.6 Å². The van der Waals surface area contributed by atoms with Gasteiger partial charge < -0.3 is 9.30 Å². The van der Waals surface area contributed by atoms with Gasteiger partial charge in [0.25, 0.3) is 5.91 Å². The number of aromatic nitrogens is 3. The topological polar surface area (TPSA) is 50.5 Å². The molecule has 2 aromatic rings. The molecule has 0 N–H and O–H groups in total. The lowest BCUT2D eigenvalue weighted by Gasteiger charge is -2.56. The molecule has 0 unspecified atom stereocenters. The highest BCUT2D eigenvalue weighted by Crippen LogP contribution is 2.55. The molecule has 4 fully saturated rings. The van der Waals surface area contributed by atoms with Crippen LogP contribution in [0, 0.1) is 23.7 Å². The number of imidazole rings is 1. The van der Waals surface area contributed by atoms with Crippen LogP contribution in [0.2, 0.25) is 0 Å². The zero-order valence-electron chi connectivity index (χ0n) is 13.4. The lowest BCUT2D eigenvalue weighted by atomic mass is 9.54. The average Bonchev–Trinajstić information content (AvgIpc) is 3.01. The van der Waals surface area contributed by atoms with Crippen molar-refractivity contribution in [2.75, 3.05) is 7.05 Å². The molecule has 4 aliphatic carbocycles. The number of rotatable bonds is 2. The summed E-state index contributed by atoms with van der Waals surface area (Å²) in [6.45, 7) is 0. The van der Waals surface area contributed by atoms with Crippen molar-refractivity contribution in [3.8, 4) is 0 Å². The lowest BCUT2D eigenvalue weighted by Crippen LogP contribution is -2.56. The van der Waals surface area contributed by atoms with Gasteiger partial charge in [0.2, 0.25) is 0 Å². The van der Waals surface area contributed by atoms with Crippen LogP contribution in [0.25, 0.3) is 5.65 Å². The van der Waals surface area contributed by atoms with E-state index in [1.165, 1.54) is 32.1 Å². The highest BCUT2D eigenvalue weighted by molar-refractivity contribution is 5.97. The molecular formula is C18H22N4O. The van der Waals surface area contributed by atoms with E-state index in [2.05, 4.69) is 9.97 Å². The van der Waals surface area contributed by atoms with Crippen LogP contribution in [0.3, 0.4) is 0 Å². The van der Waals surface area contributed by atoms with Gasteiger partial charge in [-0.15, -0.1) is 0 Å². The molecule has 5 nitrogen and oxygen atoms in total. The van der Waals surface area contributed by atoms with Crippen molar-refractivity contribution in [2.45, 2.75) is 38.1 Å². The van der Waals surface area contributed by atoms with E-state index in [-0.39, 0.29) is 5.91 Å². The SMILES string of the molecule is CN(C(=O)c1nccn2ccnc12)C1C2CC3CC(C2)CC1C3. The molecule has 4 aliphatic rings. The minimum Gasteiger partial charge on any atom is -0.337 e. The Kier molecular flexibility index (Phi) is 2.82. The third-order valence-corrected chi connectivity index (χ3v) is 6.46. The Morgan fingerprint density at radius 1 is 1.04 bits per heavy atom. The Labute approximate surface area is 135 Å².